The smallest absolute Gasteiger partial charge is 0.303 e. The summed E-state index contributed by atoms with van der Waals surface area (Å²) in [5.41, 5.74) is 4.60. The van der Waals surface area contributed by atoms with E-state index in [1.165, 1.54) is 6.92 Å². The van der Waals surface area contributed by atoms with Gasteiger partial charge in [-0.05, 0) is 67.9 Å². The predicted octanol–water partition coefficient (Wildman–Crippen LogP) is 5.95. The molecule has 0 aliphatic heterocycles. The molecule has 0 amide bonds. The molecular formula is C32H30O6. The Balaban J connectivity index is 1.83. The summed E-state index contributed by atoms with van der Waals surface area (Å²) in [6.45, 7) is 6.87. The first kappa shape index (κ1) is 26.9. The maximum Gasteiger partial charge on any atom is 0.303 e. The van der Waals surface area contributed by atoms with Crippen molar-refractivity contribution in [1.82, 2.24) is 0 Å². The molecule has 4 rings (SSSR count). The van der Waals surface area contributed by atoms with Crippen LogP contribution in [0.1, 0.15) is 108 Å². The molecule has 3 aromatic carbocycles. The molecule has 6 heteroatoms. The standard InChI is InChI=1S/C32H30O6/c1-17(14-28(35)36)12-13-27(34)21-11-7-8-18(2)24(21)16-25-29(20(4)33)19(3)15-26-30(25)32(38)23-10-6-5-9-22(23)31(26)37/h5-11,15,17H,12-14,16H2,1-4H3,(H,35,36). The Labute approximate surface area is 221 Å². The van der Waals surface area contributed by atoms with Gasteiger partial charge in [0.15, 0.2) is 23.1 Å². The SMILES string of the molecule is CC(=O)c1c(C)cc2c(c1Cc1c(C)cccc1C(=O)CCC(C)CC(=O)O)C(=O)c1ccccc1C2=O. The highest BCUT2D eigenvalue weighted by molar-refractivity contribution is 6.29. The molecule has 194 valence electrons. The molecule has 3 aromatic rings. The fourth-order valence-corrected chi connectivity index (χ4v) is 5.44. The van der Waals surface area contributed by atoms with Crippen molar-refractivity contribution in [1.29, 1.82) is 0 Å². The summed E-state index contributed by atoms with van der Waals surface area (Å²) >= 11 is 0. The fraction of sp³-hybridized carbons (Fsp3) is 0.281. The van der Waals surface area contributed by atoms with Crippen LogP contribution in [0.2, 0.25) is 0 Å². The number of benzene rings is 3. The fourth-order valence-electron chi connectivity index (χ4n) is 5.44. The number of aliphatic carboxylic acids is 1. The highest BCUT2D eigenvalue weighted by atomic mass is 16.4. The van der Waals surface area contributed by atoms with Crippen LogP contribution in [-0.4, -0.2) is 34.2 Å². The quantitative estimate of drug-likeness (QED) is 0.279. The number of Topliss-reactive ketones (excluding diaryl/α,β-unsaturated/α-hetero) is 2. The van der Waals surface area contributed by atoms with Gasteiger partial charge in [-0.2, -0.15) is 0 Å². The third kappa shape index (κ3) is 4.99. The Bertz CT molecular complexity index is 1510. The number of aryl methyl sites for hydroxylation is 2. The van der Waals surface area contributed by atoms with Gasteiger partial charge in [-0.3, -0.25) is 24.0 Å². The predicted molar refractivity (Wildman–Crippen MR) is 143 cm³/mol. The number of fused-ring (bicyclic) bond motifs is 2. The Morgan fingerprint density at radius 3 is 2.13 bits per heavy atom. The van der Waals surface area contributed by atoms with E-state index >= 15 is 0 Å². The van der Waals surface area contributed by atoms with E-state index in [1.807, 2.05) is 13.0 Å². The first-order chi connectivity index (χ1) is 18.0. The van der Waals surface area contributed by atoms with Gasteiger partial charge in [-0.1, -0.05) is 49.4 Å². The maximum atomic E-state index is 13.7. The van der Waals surface area contributed by atoms with Crippen LogP contribution in [0, 0.1) is 19.8 Å². The van der Waals surface area contributed by atoms with Crippen LogP contribution in [0.15, 0.2) is 48.5 Å². The summed E-state index contributed by atoms with van der Waals surface area (Å²) in [6.07, 6.45) is 0.740. The average Bonchev–Trinajstić information content (AvgIpc) is 2.86. The lowest BCUT2D eigenvalue weighted by atomic mass is 9.76. The molecule has 0 saturated carbocycles. The summed E-state index contributed by atoms with van der Waals surface area (Å²) in [5, 5.41) is 9.04. The second-order valence-electron chi connectivity index (χ2n) is 10.2. The van der Waals surface area contributed by atoms with Crippen molar-refractivity contribution in [3.05, 3.63) is 104 Å². The van der Waals surface area contributed by atoms with Crippen molar-refractivity contribution in [2.75, 3.05) is 0 Å². The number of carbonyl (C=O) groups is 5. The van der Waals surface area contributed by atoms with Crippen LogP contribution in [0.5, 0.6) is 0 Å². The van der Waals surface area contributed by atoms with Gasteiger partial charge >= 0.3 is 5.97 Å². The highest BCUT2D eigenvalue weighted by Crippen LogP contribution is 2.35. The van der Waals surface area contributed by atoms with Gasteiger partial charge in [-0.25, -0.2) is 0 Å². The second-order valence-corrected chi connectivity index (χ2v) is 10.2. The normalized spacial score (nSPS) is 13.1. The summed E-state index contributed by atoms with van der Waals surface area (Å²) in [4.78, 5) is 64.4. The molecule has 1 atom stereocenters. The Kier molecular flexibility index (Phi) is 7.53. The number of carboxylic acid groups (broad SMARTS) is 1. The molecule has 0 spiro atoms. The van der Waals surface area contributed by atoms with Gasteiger partial charge in [0.25, 0.3) is 0 Å². The molecule has 1 N–H and O–H groups in total. The van der Waals surface area contributed by atoms with Crippen LogP contribution < -0.4 is 0 Å². The molecule has 0 saturated heterocycles. The summed E-state index contributed by atoms with van der Waals surface area (Å²) in [7, 11) is 0. The molecule has 1 aliphatic carbocycles. The van der Waals surface area contributed by atoms with Crippen molar-refractivity contribution in [3.8, 4) is 0 Å². The van der Waals surface area contributed by atoms with Gasteiger partial charge in [0.1, 0.15) is 0 Å². The number of carboxylic acids is 1. The lowest BCUT2D eigenvalue weighted by Gasteiger charge is -2.24. The van der Waals surface area contributed by atoms with Crippen molar-refractivity contribution in [2.24, 2.45) is 5.92 Å². The van der Waals surface area contributed by atoms with Crippen LogP contribution in [0.3, 0.4) is 0 Å². The average molecular weight is 511 g/mol. The van der Waals surface area contributed by atoms with E-state index in [2.05, 4.69) is 0 Å². The molecule has 0 aromatic heterocycles. The zero-order valence-corrected chi connectivity index (χ0v) is 22.0. The van der Waals surface area contributed by atoms with Crippen LogP contribution in [0.25, 0.3) is 0 Å². The zero-order chi connectivity index (χ0) is 27.7. The summed E-state index contributed by atoms with van der Waals surface area (Å²) in [6, 6.07) is 13.7. The molecule has 38 heavy (non-hydrogen) atoms. The van der Waals surface area contributed by atoms with E-state index in [4.69, 9.17) is 5.11 Å². The minimum absolute atomic E-state index is 0.0109. The third-order valence-electron chi connectivity index (χ3n) is 7.32. The van der Waals surface area contributed by atoms with Crippen LogP contribution in [0.4, 0.5) is 0 Å². The lowest BCUT2D eigenvalue weighted by molar-refractivity contribution is -0.138. The van der Waals surface area contributed by atoms with Gasteiger partial charge in [0.05, 0.1) is 0 Å². The molecule has 0 heterocycles. The molecule has 1 unspecified atom stereocenters. The highest BCUT2D eigenvalue weighted by Gasteiger charge is 2.34. The molecule has 1 aliphatic rings. The van der Waals surface area contributed by atoms with Crippen LogP contribution >= 0.6 is 0 Å². The lowest BCUT2D eigenvalue weighted by Crippen LogP contribution is -2.25. The summed E-state index contributed by atoms with van der Waals surface area (Å²) in [5.74, 6) is -1.97. The number of rotatable bonds is 9. The Morgan fingerprint density at radius 1 is 0.842 bits per heavy atom. The van der Waals surface area contributed by atoms with Crippen molar-refractivity contribution in [3.63, 3.8) is 0 Å². The molecule has 6 nitrogen and oxygen atoms in total. The van der Waals surface area contributed by atoms with Gasteiger partial charge in [0.2, 0.25) is 0 Å². The molecule has 0 bridgehead atoms. The zero-order valence-electron chi connectivity index (χ0n) is 22.0. The van der Waals surface area contributed by atoms with Crippen LogP contribution in [-0.2, 0) is 11.2 Å². The Morgan fingerprint density at radius 2 is 1.50 bits per heavy atom. The van der Waals surface area contributed by atoms with E-state index in [9.17, 15) is 24.0 Å². The van der Waals surface area contributed by atoms with E-state index in [0.717, 1.165) is 5.56 Å². The monoisotopic (exact) mass is 510 g/mol. The van der Waals surface area contributed by atoms with Gasteiger partial charge in [-0.15, -0.1) is 0 Å². The number of ketones is 4. The maximum absolute atomic E-state index is 13.7. The van der Waals surface area contributed by atoms with E-state index in [1.54, 1.807) is 56.3 Å². The van der Waals surface area contributed by atoms with Gasteiger partial charge < -0.3 is 5.11 Å². The van der Waals surface area contributed by atoms with Crippen molar-refractivity contribution >= 4 is 29.1 Å². The first-order valence-electron chi connectivity index (χ1n) is 12.7. The number of carbonyl (C=O) groups excluding carboxylic acids is 4. The third-order valence-corrected chi connectivity index (χ3v) is 7.32. The largest absolute Gasteiger partial charge is 0.481 e. The molecule has 0 fully saturated rings. The number of hydrogen-bond acceptors (Lipinski definition) is 5. The molecular weight excluding hydrogens is 480 g/mol. The minimum atomic E-state index is -0.900. The van der Waals surface area contributed by atoms with E-state index in [-0.39, 0.29) is 59.4 Å². The van der Waals surface area contributed by atoms with Crippen molar-refractivity contribution < 1.29 is 29.1 Å². The van der Waals surface area contributed by atoms with E-state index < -0.39 is 5.97 Å². The second kappa shape index (κ2) is 10.7. The van der Waals surface area contributed by atoms with E-state index in [0.29, 0.717) is 45.4 Å². The summed E-state index contributed by atoms with van der Waals surface area (Å²) < 4.78 is 0. The number of hydrogen-bond donors (Lipinski definition) is 1. The topological polar surface area (TPSA) is 106 Å². The van der Waals surface area contributed by atoms with Crippen molar-refractivity contribution in [2.45, 2.75) is 53.4 Å². The Hall–Kier alpha value is -4.19. The molecule has 0 radical (unpaired) electrons. The van der Waals surface area contributed by atoms with Gasteiger partial charge in [0, 0.05) is 46.2 Å². The minimum Gasteiger partial charge on any atom is -0.481 e. The first-order valence-corrected chi connectivity index (χ1v) is 12.7.